The van der Waals surface area contributed by atoms with Gasteiger partial charge in [-0.15, -0.1) is 11.3 Å². The summed E-state index contributed by atoms with van der Waals surface area (Å²) < 4.78 is 17.9. The first-order chi connectivity index (χ1) is 41.6. The molecule has 26 heteroatoms. The Labute approximate surface area is 518 Å². The third-order valence-corrected chi connectivity index (χ3v) is 19.5. The maximum atomic E-state index is 14.6. The fourth-order valence-electron chi connectivity index (χ4n) is 12.2. The summed E-state index contributed by atoms with van der Waals surface area (Å²) in [6, 6.07) is 13.8. The van der Waals surface area contributed by atoms with E-state index < -0.39 is 89.9 Å². The molecule has 7 atom stereocenters. The Kier molecular flexibility index (Phi) is 19.8. The van der Waals surface area contributed by atoms with Crippen molar-refractivity contribution in [3.63, 3.8) is 0 Å². The number of hydrogen-bond donors (Lipinski definition) is 8. The van der Waals surface area contributed by atoms with Gasteiger partial charge >= 0.3 is 7.60 Å². The summed E-state index contributed by atoms with van der Waals surface area (Å²) in [6.45, 7) is 8.75. The lowest BCUT2D eigenvalue weighted by Gasteiger charge is -2.38. The summed E-state index contributed by atoms with van der Waals surface area (Å²) in [5.41, 5.74) is 8.37. The minimum atomic E-state index is -5.10. The number of amides is 7. The Balaban J connectivity index is 0.802. The number of H-pyrrole nitrogens is 1. The van der Waals surface area contributed by atoms with Crippen LogP contribution in [-0.4, -0.2) is 155 Å². The van der Waals surface area contributed by atoms with Gasteiger partial charge in [-0.3, -0.25) is 47.7 Å². The molecular weight excluding hydrogens is 1190 g/mol. The molecule has 0 radical (unpaired) electrons. The molecule has 3 aromatic carbocycles. The fourth-order valence-corrected chi connectivity index (χ4v) is 13.8. The molecule has 4 fully saturated rings. The summed E-state index contributed by atoms with van der Waals surface area (Å²) in [4.78, 5) is 154. The lowest BCUT2D eigenvalue weighted by molar-refractivity contribution is -0.146. The standard InChI is InChI=1S/C62H75ClN9O14PS/c1-34-54(88-33-65-34)37-12-15-40(16-13-37)62(23-24-62)69-57(79)50-29-44(75)30-71(50)58(80)45(61(3,4)5)28-43(74)10-6-8-36-9-7-11-51(53(36)63)86-32-41(17-21-52(64)76)66-56(78)49-20-18-42-22-25-70(35(2)73)31-48(59(81)72(42)49)68-55(77)47-27-39-26-38(14-19-46(39)67-47)60(82)87(83,84)85/h7,9,11-16,19,26-27,33,41-42,44-45,48-50,67,75H,6,8,10,17-18,20-25,28-32H2,1-5H3,(H2,64,76)(H,66,78)(H,68,77)(H,69,79)(H2,83,84,85)/t41-,42+,44+,45+,48-,49-,50-/m0/s1. The van der Waals surface area contributed by atoms with E-state index in [0.717, 1.165) is 34.5 Å². The number of ketones is 1. The number of thiazole rings is 1. The van der Waals surface area contributed by atoms with E-state index in [4.69, 9.17) is 22.1 Å². The average Bonchev–Trinajstić information content (AvgIpc) is 1.68. The van der Waals surface area contributed by atoms with Crippen LogP contribution in [0.2, 0.25) is 5.02 Å². The molecule has 7 amide bonds. The first-order valence-electron chi connectivity index (χ1n) is 29.5. The average molecular weight is 1270 g/mol. The third kappa shape index (κ3) is 15.0. The van der Waals surface area contributed by atoms with Gasteiger partial charge in [0.2, 0.25) is 35.4 Å². The maximum Gasteiger partial charge on any atom is 0.396 e. The number of likely N-dealkylation sites (tertiary alicyclic amines) is 1. The first-order valence-corrected chi connectivity index (χ1v) is 32.4. The van der Waals surface area contributed by atoms with Crippen molar-refractivity contribution in [2.75, 3.05) is 26.2 Å². The molecule has 3 saturated heterocycles. The van der Waals surface area contributed by atoms with Crippen molar-refractivity contribution in [2.45, 2.75) is 154 Å². The number of Topliss-reactive ketones (excluding diaryl/α,β-unsaturated/α-hetero) is 1. The van der Waals surface area contributed by atoms with E-state index >= 15 is 0 Å². The number of aromatic nitrogens is 2. The molecule has 5 aromatic rings. The van der Waals surface area contributed by atoms with Gasteiger partial charge in [0.1, 0.15) is 42.0 Å². The largest absolute Gasteiger partial charge is 0.490 e. The SMILES string of the molecule is CC(=O)N1CC[C@H]2CC[C@@H](C(=O)N[C@@H](CCC(N)=O)COc3cccc(CCCC(=O)C[C@H](C(=O)N4C[C@H](O)C[C@H]4C(=O)NC4(c5ccc(-c6scnc6C)cc5)CC4)C(C)(C)C)c3Cl)N2C(=O)[C@@H](NC(=O)c2cc3cc(C(=O)P(=O)(O)O)ccc3[nH]2)C1. The van der Waals surface area contributed by atoms with Crippen LogP contribution < -0.4 is 26.4 Å². The van der Waals surface area contributed by atoms with Crippen LogP contribution in [0.4, 0.5) is 0 Å². The molecule has 5 heterocycles. The Morgan fingerprint density at radius 3 is 2.35 bits per heavy atom. The number of hydrogen-bond acceptors (Lipinski definition) is 14. The molecule has 1 aliphatic carbocycles. The fraction of sp³-hybridized carbons (Fsp3) is 0.484. The number of aliphatic hydroxyl groups is 1. The highest BCUT2D eigenvalue weighted by Gasteiger charge is 2.51. The normalized spacial score (nSPS) is 20.8. The highest BCUT2D eigenvalue weighted by molar-refractivity contribution is 7.70. The number of nitrogens with zero attached hydrogens (tertiary/aromatic N) is 4. The third-order valence-electron chi connectivity index (χ3n) is 17.3. The van der Waals surface area contributed by atoms with Gasteiger partial charge in [-0.1, -0.05) is 68.8 Å². The number of halogens is 1. The molecule has 4 aliphatic rings. The Morgan fingerprint density at radius 1 is 0.955 bits per heavy atom. The highest BCUT2D eigenvalue weighted by Crippen LogP contribution is 2.47. The summed E-state index contributed by atoms with van der Waals surface area (Å²) >= 11 is 8.50. The van der Waals surface area contributed by atoms with Gasteiger partial charge < -0.3 is 61.0 Å². The van der Waals surface area contributed by atoms with Crippen LogP contribution in [-0.2, 0) is 50.1 Å². The number of nitrogens with two attached hydrogens (primary N) is 1. The molecule has 0 unspecified atom stereocenters. The summed E-state index contributed by atoms with van der Waals surface area (Å²) in [6.07, 6.45) is 2.32. The van der Waals surface area contributed by atoms with Crippen LogP contribution in [0.3, 0.4) is 0 Å². The Bertz CT molecular complexity index is 3580. The second-order valence-corrected chi connectivity index (χ2v) is 27.4. The van der Waals surface area contributed by atoms with E-state index in [1.165, 1.54) is 45.9 Å². The molecule has 470 valence electrons. The van der Waals surface area contributed by atoms with Crippen LogP contribution in [0.25, 0.3) is 21.3 Å². The van der Waals surface area contributed by atoms with Crippen molar-refractivity contribution in [3.8, 4) is 16.2 Å². The summed E-state index contributed by atoms with van der Waals surface area (Å²) in [7, 11) is -5.10. The maximum absolute atomic E-state index is 14.6. The van der Waals surface area contributed by atoms with Crippen LogP contribution in [0.1, 0.15) is 136 Å². The van der Waals surface area contributed by atoms with Gasteiger partial charge in [-0.2, -0.15) is 0 Å². The number of carbonyl (C=O) groups is 9. The number of β-amino-alcohol motifs (C(OH)–C–C–N with tert-alkyl or cyclic N) is 1. The monoisotopic (exact) mass is 1270 g/mol. The van der Waals surface area contributed by atoms with Crippen LogP contribution >= 0.6 is 30.5 Å². The molecule has 9 rings (SSSR count). The van der Waals surface area contributed by atoms with Crippen molar-refractivity contribution < 1.29 is 67.3 Å². The minimum absolute atomic E-state index is 0.0312. The predicted octanol–water partition coefficient (Wildman–Crippen LogP) is 5.82. The van der Waals surface area contributed by atoms with E-state index in [2.05, 4.69) is 25.9 Å². The summed E-state index contributed by atoms with van der Waals surface area (Å²) in [5.74, 6) is -4.29. The van der Waals surface area contributed by atoms with Gasteiger partial charge in [0.05, 0.1) is 38.8 Å². The van der Waals surface area contributed by atoms with E-state index in [1.807, 2.05) is 57.5 Å². The number of aromatic amines is 1. The zero-order chi connectivity index (χ0) is 63.6. The predicted molar refractivity (Wildman–Crippen MR) is 327 cm³/mol. The van der Waals surface area contributed by atoms with Gasteiger partial charge in [-0.25, -0.2) is 4.98 Å². The lowest BCUT2D eigenvalue weighted by Crippen LogP contribution is -2.61. The van der Waals surface area contributed by atoms with E-state index in [0.29, 0.717) is 36.8 Å². The Morgan fingerprint density at radius 2 is 1.69 bits per heavy atom. The molecule has 23 nitrogen and oxygen atoms in total. The number of aliphatic hydroxyl groups excluding tert-OH is 1. The first kappa shape index (κ1) is 65.1. The van der Waals surface area contributed by atoms with E-state index in [9.17, 15) is 62.6 Å². The highest BCUT2D eigenvalue weighted by atomic mass is 35.5. The second kappa shape index (κ2) is 26.8. The molecule has 3 aliphatic heterocycles. The van der Waals surface area contributed by atoms with Crippen LogP contribution in [0, 0.1) is 18.3 Å². The number of primary amides is 1. The quantitative estimate of drug-likeness (QED) is 0.0357. The van der Waals surface area contributed by atoms with Crippen molar-refractivity contribution in [1.29, 1.82) is 0 Å². The number of rotatable bonds is 23. The van der Waals surface area contributed by atoms with Crippen molar-refractivity contribution in [2.24, 2.45) is 17.1 Å². The second-order valence-electron chi connectivity index (χ2n) is 24.7. The number of carbonyl (C=O) groups excluding carboxylic acids is 9. The molecule has 2 aromatic heterocycles. The smallest absolute Gasteiger partial charge is 0.396 e. The summed E-state index contributed by atoms with van der Waals surface area (Å²) in [5, 5.41) is 20.3. The van der Waals surface area contributed by atoms with Gasteiger partial charge in [-0.05, 0) is 111 Å². The minimum Gasteiger partial charge on any atom is -0.490 e. The number of nitrogens with one attached hydrogen (secondary N) is 4. The lowest BCUT2D eigenvalue weighted by atomic mass is 9.76. The molecule has 9 N–H and O–H groups in total. The zero-order valence-electron chi connectivity index (χ0n) is 49.7. The molecule has 0 bridgehead atoms. The number of aryl methyl sites for hydroxylation is 2. The van der Waals surface area contributed by atoms with Gasteiger partial charge in [0, 0.05) is 80.7 Å². The zero-order valence-corrected chi connectivity index (χ0v) is 52.2. The molecule has 0 spiro atoms. The van der Waals surface area contributed by atoms with Gasteiger partial charge in [0.15, 0.2) is 0 Å². The Hall–Kier alpha value is -7.34. The van der Waals surface area contributed by atoms with Crippen molar-refractivity contribution in [3.05, 3.63) is 105 Å². The number of benzene rings is 3. The molecule has 88 heavy (non-hydrogen) atoms. The molecule has 1 saturated carbocycles. The van der Waals surface area contributed by atoms with E-state index in [1.54, 1.807) is 29.5 Å². The molecular formula is C62H75ClN9O14PS. The number of ether oxygens (including phenoxy) is 1. The van der Waals surface area contributed by atoms with Gasteiger partial charge in [0.25, 0.3) is 11.4 Å². The van der Waals surface area contributed by atoms with Crippen LogP contribution in [0.5, 0.6) is 5.75 Å². The van der Waals surface area contributed by atoms with Crippen LogP contribution in [0.15, 0.2) is 72.2 Å². The number of fused-ring (bicyclic) bond motifs is 2. The topological polar surface area (TPSA) is 341 Å². The van der Waals surface area contributed by atoms with Crippen molar-refractivity contribution in [1.82, 2.24) is 40.6 Å². The van der Waals surface area contributed by atoms with Crippen molar-refractivity contribution >= 4 is 94.1 Å². The van der Waals surface area contributed by atoms with E-state index in [-0.39, 0.29) is 116 Å².